The van der Waals surface area contributed by atoms with Crippen LogP contribution < -0.4 is 5.32 Å². The van der Waals surface area contributed by atoms with E-state index in [1.165, 1.54) is 10.6 Å². The largest absolute Gasteiger partial charge is 0.326 e. The second-order valence-electron chi connectivity index (χ2n) is 6.51. The van der Waals surface area contributed by atoms with Gasteiger partial charge in [0.1, 0.15) is 0 Å². The molecule has 1 N–H and O–H groups in total. The van der Waals surface area contributed by atoms with Gasteiger partial charge in [-0.2, -0.15) is 4.31 Å². The number of nitrogens with zero attached hydrogens (tertiary/aromatic N) is 1. The summed E-state index contributed by atoms with van der Waals surface area (Å²) in [6, 6.07) is 14.8. The molecule has 2 rings (SSSR count). The molecule has 0 saturated heterocycles. The van der Waals surface area contributed by atoms with Crippen LogP contribution in [0.3, 0.4) is 0 Å². The Kier molecular flexibility index (Phi) is 6.56. The zero-order valence-corrected chi connectivity index (χ0v) is 16.5. The van der Waals surface area contributed by atoms with Crippen molar-refractivity contribution in [3.8, 4) is 0 Å². The minimum Gasteiger partial charge on any atom is -0.326 e. The maximum atomic E-state index is 12.3. The van der Waals surface area contributed by atoms with E-state index in [1.807, 2.05) is 69.3 Å². The summed E-state index contributed by atoms with van der Waals surface area (Å²) in [5.41, 5.74) is 3.77. The molecule has 0 bridgehead atoms. The third kappa shape index (κ3) is 5.16. The van der Waals surface area contributed by atoms with Crippen molar-refractivity contribution in [3.05, 3.63) is 65.2 Å². The van der Waals surface area contributed by atoms with Gasteiger partial charge in [0.2, 0.25) is 15.9 Å². The van der Waals surface area contributed by atoms with Crippen molar-refractivity contribution in [2.75, 3.05) is 18.1 Å². The lowest BCUT2D eigenvalue weighted by molar-refractivity contribution is -0.116. The smallest absolute Gasteiger partial charge is 0.225 e. The van der Waals surface area contributed by atoms with Gasteiger partial charge < -0.3 is 5.32 Å². The number of anilines is 1. The molecular weight excluding hydrogens is 348 g/mol. The highest BCUT2D eigenvalue weighted by Gasteiger charge is 2.25. The Morgan fingerprint density at radius 3 is 2.35 bits per heavy atom. The van der Waals surface area contributed by atoms with Gasteiger partial charge in [-0.3, -0.25) is 4.79 Å². The molecule has 0 heterocycles. The number of amides is 1. The van der Waals surface area contributed by atoms with E-state index in [9.17, 15) is 13.2 Å². The number of nitrogens with one attached hydrogen (secondary N) is 1. The third-order valence-electron chi connectivity index (χ3n) is 4.58. The first-order chi connectivity index (χ1) is 12.2. The molecule has 26 heavy (non-hydrogen) atoms. The van der Waals surface area contributed by atoms with Crippen LogP contribution >= 0.6 is 0 Å². The van der Waals surface area contributed by atoms with Crippen molar-refractivity contribution in [1.29, 1.82) is 0 Å². The van der Waals surface area contributed by atoms with Crippen LogP contribution in [0.4, 0.5) is 5.69 Å². The van der Waals surface area contributed by atoms with Crippen LogP contribution in [-0.4, -0.2) is 31.4 Å². The van der Waals surface area contributed by atoms with Gasteiger partial charge in [-0.1, -0.05) is 42.5 Å². The van der Waals surface area contributed by atoms with Gasteiger partial charge in [0.05, 0.1) is 6.26 Å². The molecule has 0 radical (unpaired) electrons. The summed E-state index contributed by atoms with van der Waals surface area (Å²) in [6.45, 7) is 5.90. The molecule has 1 atom stereocenters. The van der Waals surface area contributed by atoms with Crippen LogP contribution in [0.5, 0.6) is 0 Å². The van der Waals surface area contributed by atoms with Crippen molar-refractivity contribution in [3.63, 3.8) is 0 Å². The maximum absolute atomic E-state index is 12.3. The van der Waals surface area contributed by atoms with Crippen LogP contribution in [0.25, 0.3) is 0 Å². The fraction of sp³-hybridized carbons (Fsp3) is 0.350. The summed E-state index contributed by atoms with van der Waals surface area (Å²) < 4.78 is 25.8. The summed E-state index contributed by atoms with van der Waals surface area (Å²) in [6.07, 6.45) is 1.27. The number of hydrogen-bond donors (Lipinski definition) is 1. The predicted octanol–water partition coefficient (Wildman–Crippen LogP) is 3.65. The molecule has 6 heteroatoms. The Balaban J connectivity index is 2.08. The zero-order chi connectivity index (χ0) is 19.3. The van der Waals surface area contributed by atoms with E-state index in [4.69, 9.17) is 0 Å². The number of rotatable bonds is 7. The van der Waals surface area contributed by atoms with Gasteiger partial charge in [-0.05, 0) is 43.5 Å². The Hall–Kier alpha value is -2.18. The van der Waals surface area contributed by atoms with E-state index >= 15 is 0 Å². The molecule has 0 aliphatic rings. The molecule has 5 nitrogen and oxygen atoms in total. The first-order valence-electron chi connectivity index (χ1n) is 8.58. The van der Waals surface area contributed by atoms with Crippen LogP contribution in [0.1, 0.15) is 36.1 Å². The molecule has 0 fully saturated rings. The zero-order valence-electron chi connectivity index (χ0n) is 15.7. The normalized spacial score (nSPS) is 12.8. The molecule has 0 aliphatic heterocycles. The standard InChI is InChI=1S/C20H26N2O3S/c1-15-9-8-12-19(16(15)2)21-20(23)13-14-22(26(4,24)25)17(3)18-10-6-5-7-11-18/h5-12,17H,13-14H2,1-4H3,(H,21,23). The van der Waals surface area contributed by atoms with Crippen molar-refractivity contribution in [2.24, 2.45) is 0 Å². The third-order valence-corrected chi connectivity index (χ3v) is 5.93. The highest BCUT2D eigenvalue weighted by Crippen LogP contribution is 2.23. The molecule has 1 unspecified atom stereocenters. The molecule has 0 aromatic heterocycles. The van der Waals surface area contributed by atoms with Crippen LogP contribution in [0.2, 0.25) is 0 Å². The van der Waals surface area contributed by atoms with Gasteiger partial charge in [0.25, 0.3) is 0 Å². The fourth-order valence-electron chi connectivity index (χ4n) is 2.86. The quantitative estimate of drug-likeness (QED) is 0.804. The second-order valence-corrected chi connectivity index (χ2v) is 8.44. The highest BCUT2D eigenvalue weighted by atomic mass is 32.2. The molecule has 0 aliphatic carbocycles. The van der Waals surface area contributed by atoms with E-state index in [2.05, 4.69) is 5.32 Å². The van der Waals surface area contributed by atoms with E-state index < -0.39 is 10.0 Å². The Morgan fingerprint density at radius 1 is 1.08 bits per heavy atom. The Morgan fingerprint density at radius 2 is 1.73 bits per heavy atom. The predicted molar refractivity (Wildman–Crippen MR) is 106 cm³/mol. The molecular formula is C20H26N2O3S. The van der Waals surface area contributed by atoms with Crippen LogP contribution in [0.15, 0.2) is 48.5 Å². The molecule has 2 aromatic carbocycles. The summed E-state index contributed by atoms with van der Waals surface area (Å²) in [7, 11) is -3.44. The number of benzene rings is 2. The summed E-state index contributed by atoms with van der Waals surface area (Å²) in [4.78, 5) is 12.3. The Labute approximate surface area is 156 Å². The van der Waals surface area contributed by atoms with Crippen LogP contribution in [-0.2, 0) is 14.8 Å². The molecule has 1 amide bonds. The lowest BCUT2D eigenvalue weighted by Crippen LogP contribution is -2.35. The second kappa shape index (κ2) is 8.47. The lowest BCUT2D eigenvalue weighted by atomic mass is 10.1. The van der Waals surface area contributed by atoms with E-state index in [0.717, 1.165) is 22.4 Å². The van der Waals surface area contributed by atoms with Gasteiger partial charge in [-0.25, -0.2) is 8.42 Å². The number of hydrogen-bond acceptors (Lipinski definition) is 3. The van der Waals surface area contributed by atoms with Crippen molar-refractivity contribution < 1.29 is 13.2 Å². The van der Waals surface area contributed by atoms with Crippen molar-refractivity contribution >= 4 is 21.6 Å². The van der Waals surface area contributed by atoms with Crippen molar-refractivity contribution in [1.82, 2.24) is 4.31 Å². The molecule has 140 valence electrons. The van der Waals surface area contributed by atoms with E-state index in [1.54, 1.807) is 0 Å². The first-order valence-corrected chi connectivity index (χ1v) is 10.4. The van der Waals surface area contributed by atoms with Gasteiger partial charge in [-0.15, -0.1) is 0 Å². The van der Waals surface area contributed by atoms with E-state index in [0.29, 0.717) is 0 Å². The lowest BCUT2D eigenvalue weighted by Gasteiger charge is -2.27. The Bertz CT molecular complexity index is 864. The first kappa shape index (κ1) is 20.1. The fourth-order valence-corrected chi connectivity index (χ4v) is 3.97. The monoisotopic (exact) mass is 374 g/mol. The number of carbonyl (C=O) groups is 1. The molecule has 2 aromatic rings. The minimum atomic E-state index is -3.44. The number of carbonyl (C=O) groups excluding carboxylic acids is 1. The average molecular weight is 375 g/mol. The number of aryl methyl sites for hydroxylation is 1. The molecule has 0 saturated carbocycles. The summed E-state index contributed by atoms with van der Waals surface area (Å²) in [5.74, 6) is -0.201. The topological polar surface area (TPSA) is 66.5 Å². The minimum absolute atomic E-state index is 0.0949. The number of sulfonamides is 1. The summed E-state index contributed by atoms with van der Waals surface area (Å²) >= 11 is 0. The van der Waals surface area contributed by atoms with E-state index in [-0.39, 0.29) is 24.9 Å². The highest BCUT2D eigenvalue weighted by molar-refractivity contribution is 7.88. The van der Waals surface area contributed by atoms with Gasteiger partial charge in [0, 0.05) is 24.7 Å². The maximum Gasteiger partial charge on any atom is 0.225 e. The van der Waals surface area contributed by atoms with Gasteiger partial charge >= 0.3 is 0 Å². The molecule has 0 spiro atoms. The van der Waals surface area contributed by atoms with Gasteiger partial charge in [0.15, 0.2) is 0 Å². The summed E-state index contributed by atoms with van der Waals surface area (Å²) in [5, 5.41) is 2.88. The SMILES string of the molecule is Cc1cccc(NC(=O)CCN(C(C)c2ccccc2)S(C)(=O)=O)c1C. The van der Waals surface area contributed by atoms with Crippen molar-refractivity contribution in [2.45, 2.75) is 33.2 Å². The average Bonchev–Trinajstić information content (AvgIpc) is 2.58. The van der Waals surface area contributed by atoms with Crippen LogP contribution in [0, 0.1) is 13.8 Å².